The average Bonchev–Trinajstić information content (AvgIpc) is 3.54. The van der Waals surface area contributed by atoms with Crippen molar-refractivity contribution in [2.75, 3.05) is 59.2 Å². The number of rotatable bonds is 23. The summed E-state index contributed by atoms with van der Waals surface area (Å²) in [6.07, 6.45) is 1.54. The third-order valence-corrected chi connectivity index (χ3v) is 10.9. The molecule has 17 nitrogen and oxygen atoms in total. The number of benzene rings is 4. The summed E-state index contributed by atoms with van der Waals surface area (Å²) in [7, 11) is 0. The molecule has 4 aromatic carbocycles. The maximum absolute atomic E-state index is 12.3. The van der Waals surface area contributed by atoms with E-state index in [2.05, 4.69) is 63.7 Å². The van der Waals surface area contributed by atoms with E-state index in [4.69, 9.17) is 42.9 Å². The van der Waals surface area contributed by atoms with E-state index in [1.54, 1.807) is 0 Å². The molecule has 17 heteroatoms. The van der Waals surface area contributed by atoms with Crippen molar-refractivity contribution in [1.82, 2.24) is 21.3 Å². The van der Waals surface area contributed by atoms with Crippen molar-refractivity contribution in [1.29, 1.82) is 0 Å². The van der Waals surface area contributed by atoms with Gasteiger partial charge in [0.25, 0.3) is 0 Å². The molecular formula is C60H83N5O12. The van der Waals surface area contributed by atoms with E-state index in [9.17, 15) is 19.2 Å². The van der Waals surface area contributed by atoms with Crippen molar-refractivity contribution in [2.24, 2.45) is 4.99 Å². The Balaban J connectivity index is 1.50. The molecule has 4 aromatic rings. The second-order valence-corrected chi connectivity index (χ2v) is 22.7. The summed E-state index contributed by atoms with van der Waals surface area (Å²) in [5, 5.41) is 11.2. The molecule has 4 amide bonds. The molecule has 0 fully saturated rings. The Labute approximate surface area is 455 Å². The summed E-state index contributed by atoms with van der Waals surface area (Å²) in [5.41, 5.74) is 5.24. The van der Waals surface area contributed by atoms with Crippen molar-refractivity contribution in [3.05, 3.63) is 95.6 Å². The molecule has 0 saturated carbocycles. The largest absolute Gasteiger partial charge is 0.493 e. The van der Waals surface area contributed by atoms with Gasteiger partial charge in [0.2, 0.25) is 0 Å². The van der Waals surface area contributed by atoms with Gasteiger partial charge in [-0.1, -0.05) is 24.3 Å². The SMILES string of the molecule is CC(C)(C)OC(=O)NCCCOc1cc(OCCCNC(=O)OC(C)(C)C)cc(-c2cc(C3=NCCc4ccccc4C3)cc(-c3cc(OCCCNC(=O)OC(C)(C)C)cc(OCCCNC(=O)OC(C)(C)C)c3)c2)c1. The molecule has 77 heavy (non-hydrogen) atoms. The lowest BCUT2D eigenvalue weighted by Gasteiger charge is -2.19. The highest BCUT2D eigenvalue weighted by Gasteiger charge is 2.21. The number of fused-ring (bicyclic) bond motifs is 1. The fraction of sp³-hybridized carbons (Fsp3) is 0.517. The molecule has 0 aromatic heterocycles. The standard InChI is InChI=1S/C60H83N5O12/c1-57(2,3)74-53(66)62-22-15-27-70-48-34-45(35-49(39-48)71-28-16-23-63-54(67)75-58(4,5)6)43-31-44(33-47(32-43)52-38-42-20-14-13-19-41(42)21-26-61-52)46-36-50(72-29-17-24-64-55(68)76-59(7,8)9)40-51(37-46)73-30-18-25-65-56(69)77-60(10,11)12/h13-14,19-20,31-37,39-40H,15-18,21-30,38H2,1-12H3,(H,62,66)(H,63,67)(H,64,68)(H,65,69). The second kappa shape index (κ2) is 28.3. The third kappa shape index (κ3) is 23.7. The molecular weight excluding hydrogens is 983 g/mol. The van der Waals surface area contributed by atoms with E-state index in [0.29, 0.717) is 114 Å². The average molecular weight is 1070 g/mol. The highest BCUT2D eigenvalue weighted by molar-refractivity contribution is 6.04. The molecule has 0 atom stereocenters. The Kier molecular flexibility index (Phi) is 22.3. The van der Waals surface area contributed by atoms with Gasteiger partial charge in [-0.2, -0.15) is 0 Å². The first-order chi connectivity index (χ1) is 36.3. The molecule has 0 saturated heterocycles. The highest BCUT2D eigenvalue weighted by atomic mass is 16.6. The van der Waals surface area contributed by atoms with Crippen LogP contribution in [0.3, 0.4) is 0 Å². The van der Waals surface area contributed by atoms with E-state index in [-0.39, 0.29) is 0 Å². The predicted octanol–water partition coefficient (Wildman–Crippen LogP) is 11.8. The maximum Gasteiger partial charge on any atom is 0.407 e. The van der Waals surface area contributed by atoms with Gasteiger partial charge in [-0.3, -0.25) is 4.99 Å². The first-order valence-electron chi connectivity index (χ1n) is 26.7. The van der Waals surface area contributed by atoms with Gasteiger partial charge in [0.1, 0.15) is 45.4 Å². The van der Waals surface area contributed by atoms with Crippen molar-refractivity contribution >= 4 is 30.1 Å². The van der Waals surface area contributed by atoms with Gasteiger partial charge in [0.15, 0.2) is 0 Å². The summed E-state index contributed by atoms with van der Waals surface area (Å²) < 4.78 is 47.1. The Hall–Kier alpha value is -7.17. The molecule has 1 aliphatic heterocycles. The lowest BCUT2D eigenvalue weighted by molar-refractivity contribution is 0.0513. The van der Waals surface area contributed by atoms with Crippen LogP contribution in [-0.4, -0.2) is 112 Å². The molecule has 0 unspecified atom stereocenters. The predicted molar refractivity (Wildman–Crippen MR) is 300 cm³/mol. The van der Waals surface area contributed by atoms with E-state index < -0.39 is 46.8 Å². The van der Waals surface area contributed by atoms with Crippen LogP contribution >= 0.6 is 0 Å². The van der Waals surface area contributed by atoms with Crippen LogP contribution in [0.25, 0.3) is 22.3 Å². The lowest BCUT2D eigenvalue weighted by Crippen LogP contribution is -2.33. The summed E-state index contributed by atoms with van der Waals surface area (Å²) in [5.74, 6) is 2.23. The van der Waals surface area contributed by atoms with Gasteiger partial charge in [-0.15, -0.1) is 0 Å². The normalized spacial score (nSPS) is 12.6. The quantitative estimate of drug-likeness (QED) is 0.0405. The Bertz CT molecular complexity index is 2370. The number of nitrogens with one attached hydrogen (secondary N) is 4. The van der Waals surface area contributed by atoms with E-state index >= 15 is 0 Å². The van der Waals surface area contributed by atoms with Crippen molar-refractivity contribution < 1.29 is 57.1 Å². The topological polar surface area (TPSA) is 203 Å². The van der Waals surface area contributed by atoms with Gasteiger partial charge in [-0.25, -0.2) is 19.2 Å². The maximum atomic E-state index is 12.3. The Morgan fingerprint density at radius 2 is 0.714 bits per heavy atom. The molecule has 420 valence electrons. The Morgan fingerprint density at radius 3 is 1.04 bits per heavy atom. The van der Waals surface area contributed by atoms with E-state index in [0.717, 1.165) is 39.9 Å². The van der Waals surface area contributed by atoms with Crippen LogP contribution < -0.4 is 40.2 Å². The van der Waals surface area contributed by atoms with Gasteiger partial charge in [0, 0.05) is 57.0 Å². The molecule has 0 radical (unpaired) electrons. The molecule has 0 aliphatic carbocycles. The van der Waals surface area contributed by atoms with E-state index in [1.807, 2.05) is 119 Å². The van der Waals surface area contributed by atoms with Crippen LogP contribution in [0.2, 0.25) is 0 Å². The van der Waals surface area contributed by atoms with Crippen LogP contribution in [-0.2, 0) is 31.8 Å². The number of amides is 4. The minimum absolute atomic E-state index is 0.295. The number of hydrogen-bond donors (Lipinski definition) is 4. The van der Waals surface area contributed by atoms with Crippen molar-refractivity contribution in [3.8, 4) is 45.3 Å². The third-order valence-electron chi connectivity index (χ3n) is 10.9. The zero-order valence-electron chi connectivity index (χ0n) is 47.5. The van der Waals surface area contributed by atoms with Crippen molar-refractivity contribution in [2.45, 2.75) is 144 Å². The summed E-state index contributed by atoms with van der Waals surface area (Å²) in [4.78, 5) is 54.6. The molecule has 1 aliphatic rings. The summed E-state index contributed by atoms with van der Waals surface area (Å²) in [6.45, 7) is 25.0. The zero-order valence-corrected chi connectivity index (χ0v) is 47.5. The zero-order chi connectivity index (χ0) is 56.2. The number of aliphatic imine (C=N–C) groups is 1. The fourth-order valence-corrected chi connectivity index (χ4v) is 7.72. The number of hydrogen-bond acceptors (Lipinski definition) is 13. The number of carbonyl (C=O) groups is 4. The Morgan fingerprint density at radius 1 is 0.416 bits per heavy atom. The minimum atomic E-state index is -0.618. The first-order valence-corrected chi connectivity index (χ1v) is 26.7. The molecule has 0 spiro atoms. The summed E-state index contributed by atoms with van der Waals surface area (Å²) in [6, 6.07) is 26.4. The monoisotopic (exact) mass is 1070 g/mol. The molecule has 1 heterocycles. The van der Waals surface area contributed by atoms with Crippen LogP contribution in [0.5, 0.6) is 23.0 Å². The van der Waals surface area contributed by atoms with Crippen LogP contribution in [0, 0.1) is 0 Å². The van der Waals surface area contributed by atoms with Gasteiger partial charge in [0.05, 0.1) is 26.4 Å². The molecule has 0 bridgehead atoms. The van der Waals surface area contributed by atoms with Crippen molar-refractivity contribution in [3.63, 3.8) is 0 Å². The van der Waals surface area contributed by atoms with Crippen LogP contribution in [0.15, 0.2) is 83.9 Å². The first kappa shape index (κ1) is 60.7. The van der Waals surface area contributed by atoms with Gasteiger partial charge < -0.3 is 59.2 Å². The summed E-state index contributed by atoms with van der Waals surface area (Å²) >= 11 is 0. The number of alkyl carbamates (subject to hydrolysis) is 4. The fourth-order valence-electron chi connectivity index (χ4n) is 7.72. The number of nitrogens with zero attached hydrogens (tertiary/aromatic N) is 1. The highest BCUT2D eigenvalue weighted by Crippen LogP contribution is 2.37. The number of ether oxygens (including phenoxy) is 8. The van der Waals surface area contributed by atoms with Gasteiger partial charge >= 0.3 is 24.4 Å². The number of carbonyl (C=O) groups excluding carboxylic acids is 4. The molecule has 5 rings (SSSR count). The van der Waals surface area contributed by atoms with Crippen LogP contribution in [0.4, 0.5) is 19.2 Å². The minimum Gasteiger partial charge on any atom is -0.493 e. The van der Waals surface area contributed by atoms with Gasteiger partial charge in [-0.05, 0) is 197 Å². The van der Waals surface area contributed by atoms with E-state index in [1.165, 1.54) is 11.1 Å². The lowest BCUT2D eigenvalue weighted by atomic mass is 9.91. The second-order valence-electron chi connectivity index (χ2n) is 22.7. The smallest absolute Gasteiger partial charge is 0.407 e. The molecule has 4 N–H and O–H groups in total. The van der Waals surface area contributed by atoms with Crippen LogP contribution in [0.1, 0.15) is 125 Å².